The van der Waals surface area contributed by atoms with Crippen LogP contribution < -0.4 is 21.0 Å². The lowest BCUT2D eigenvalue weighted by molar-refractivity contribution is -0.154. The normalized spacial score (nSPS) is 19.6. The van der Waals surface area contributed by atoms with Gasteiger partial charge in [0.1, 0.15) is 11.8 Å². The summed E-state index contributed by atoms with van der Waals surface area (Å²) < 4.78 is 48.8. The second-order valence-electron chi connectivity index (χ2n) is 10.8. The highest BCUT2D eigenvalue weighted by Crippen LogP contribution is 2.34. The molecule has 0 radical (unpaired) electrons. The molecule has 1 saturated heterocycles. The van der Waals surface area contributed by atoms with E-state index in [0.29, 0.717) is 17.7 Å². The topological polar surface area (TPSA) is 212 Å². The summed E-state index contributed by atoms with van der Waals surface area (Å²) in [6.45, 7) is -0.369. The number of hydrogen-bond acceptors (Lipinski definition) is 9. The number of fused-ring (bicyclic) bond motifs is 1. The van der Waals surface area contributed by atoms with Gasteiger partial charge in [0.05, 0.1) is 11.5 Å². The second-order valence-corrected chi connectivity index (χ2v) is 10.8. The van der Waals surface area contributed by atoms with Crippen molar-refractivity contribution >= 4 is 36.8 Å². The number of phenols is 1. The molecule has 7 N–H and O–H groups in total. The number of imide groups is 1. The summed E-state index contributed by atoms with van der Waals surface area (Å²) in [4.78, 5) is 65.1. The van der Waals surface area contributed by atoms with Crippen LogP contribution in [0.5, 0.6) is 11.5 Å². The molecule has 2 fully saturated rings. The van der Waals surface area contributed by atoms with Crippen LogP contribution in [-0.4, -0.2) is 93.0 Å². The first-order valence-electron chi connectivity index (χ1n) is 13.3. The van der Waals surface area contributed by atoms with Crippen molar-refractivity contribution < 1.29 is 57.0 Å². The molecule has 2 heterocycles. The number of nitrogens with two attached hydrogens (primary N) is 1. The van der Waals surface area contributed by atoms with Gasteiger partial charge >= 0.3 is 30.9 Å². The number of phenolic OH excluding ortho intramolecular Hbond substituents is 1. The number of aromatic carboxylic acids is 1. The Balaban J connectivity index is 1.39. The number of nitrogens with one attached hydrogen (secondary N) is 2. The Hall–Kier alpha value is -4.84. The number of halogens is 3. The van der Waals surface area contributed by atoms with Gasteiger partial charge in [-0.05, 0) is 37.0 Å². The fraction of sp³-hybridized carbons (Fsp3) is 0.346. The molecule has 5 amide bonds. The summed E-state index contributed by atoms with van der Waals surface area (Å²) in [5.41, 5.74) is 4.27. The first-order valence-corrected chi connectivity index (χ1v) is 13.3. The van der Waals surface area contributed by atoms with Crippen LogP contribution >= 0.6 is 0 Å². The molecule has 44 heavy (non-hydrogen) atoms. The number of carbonyl (C=O) groups is 5. The molecule has 0 bridgehead atoms. The number of para-hydroxylation sites is 1. The highest BCUT2D eigenvalue weighted by Gasteiger charge is 2.46. The van der Waals surface area contributed by atoms with E-state index in [1.165, 1.54) is 23.1 Å². The lowest BCUT2D eigenvalue weighted by Gasteiger charge is -2.35. The number of amides is 5. The van der Waals surface area contributed by atoms with E-state index in [1.807, 2.05) is 5.32 Å². The third kappa shape index (κ3) is 5.72. The van der Waals surface area contributed by atoms with E-state index in [-0.39, 0.29) is 49.0 Å². The fourth-order valence-corrected chi connectivity index (χ4v) is 5.00. The van der Waals surface area contributed by atoms with E-state index < -0.39 is 83.1 Å². The Morgan fingerprint density at radius 2 is 1.84 bits per heavy atom. The average Bonchev–Trinajstić information content (AvgIpc) is 3.71. The summed E-state index contributed by atoms with van der Waals surface area (Å²) in [5.74, 6) is -13.9. The zero-order chi connectivity index (χ0) is 32.1. The van der Waals surface area contributed by atoms with E-state index in [1.54, 1.807) is 0 Å². The molecule has 2 aliphatic heterocycles. The molecule has 14 nitrogen and oxygen atoms in total. The first kappa shape index (κ1) is 30.6. The van der Waals surface area contributed by atoms with Crippen molar-refractivity contribution in [1.29, 1.82) is 0 Å². The number of carbonyl (C=O) groups excluding carboxylic acids is 4. The lowest BCUT2D eigenvalue weighted by atomic mass is 9.72. The lowest BCUT2D eigenvalue weighted by Crippen LogP contribution is -2.61. The van der Waals surface area contributed by atoms with E-state index in [4.69, 9.17) is 10.4 Å². The molecule has 2 aromatic rings. The molecule has 0 spiro atoms. The molecule has 232 valence electrons. The number of aromatic hydroxyl groups is 1. The zero-order valence-corrected chi connectivity index (χ0v) is 22.7. The Bertz CT molecular complexity index is 1590. The zero-order valence-electron chi connectivity index (χ0n) is 22.7. The molecule has 3 aliphatic rings. The van der Waals surface area contributed by atoms with Crippen LogP contribution in [0.1, 0.15) is 40.4 Å². The summed E-state index contributed by atoms with van der Waals surface area (Å²) >= 11 is 0. The monoisotopic (exact) mass is 619 g/mol. The van der Waals surface area contributed by atoms with Crippen LogP contribution in [0.4, 0.5) is 18.0 Å². The van der Waals surface area contributed by atoms with E-state index in [9.17, 15) is 52.4 Å². The van der Waals surface area contributed by atoms with Gasteiger partial charge in [0.25, 0.3) is 0 Å². The van der Waals surface area contributed by atoms with Crippen molar-refractivity contribution in [3.8, 4) is 11.5 Å². The second kappa shape index (κ2) is 11.3. The summed E-state index contributed by atoms with van der Waals surface area (Å²) in [7, 11) is -1.86. The smallest absolute Gasteiger partial charge is 0.534 e. The SMILES string of the molecule is NC1(CN2CCN(C(=O)NC(C(=O)N[C@H]3Cc4cccc(C(=O)O)c4OB3O)c3cc(F)c(O)c(F)c3F)C(=O)C2=O)CC1. The van der Waals surface area contributed by atoms with Gasteiger partial charge < -0.3 is 41.2 Å². The van der Waals surface area contributed by atoms with Crippen molar-refractivity contribution in [1.82, 2.24) is 20.4 Å². The van der Waals surface area contributed by atoms with Crippen LogP contribution in [0.2, 0.25) is 0 Å². The van der Waals surface area contributed by atoms with Gasteiger partial charge in [0.15, 0.2) is 17.4 Å². The van der Waals surface area contributed by atoms with Crippen molar-refractivity contribution in [3.05, 3.63) is 58.4 Å². The van der Waals surface area contributed by atoms with E-state index >= 15 is 0 Å². The Morgan fingerprint density at radius 3 is 2.50 bits per heavy atom. The molecule has 2 aromatic carbocycles. The standard InChI is InChI=1S/C26H25BF3N5O9/c28-14-9-13(16(29)17(30)19(14)36)18(33-25(42)35-7-6-34(22(38)23(35)39)10-26(31)4-5-26)21(37)32-15-8-11-2-1-3-12(24(40)41)20(11)44-27(15)43/h1-3,9,15,18,36,43H,4-8,10,31H2,(H,32,37)(H,33,42)(H,40,41)/t15-,18?/m0/s1. The minimum absolute atomic E-state index is 0.0816. The van der Waals surface area contributed by atoms with Crippen LogP contribution in [0.15, 0.2) is 24.3 Å². The van der Waals surface area contributed by atoms with Crippen molar-refractivity contribution in [3.63, 3.8) is 0 Å². The van der Waals surface area contributed by atoms with Crippen LogP contribution in [0.25, 0.3) is 0 Å². The largest absolute Gasteiger partial charge is 0.547 e. The predicted molar refractivity (Wildman–Crippen MR) is 141 cm³/mol. The fourth-order valence-electron chi connectivity index (χ4n) is 5.00. The summed E-state index contributed by atoms with van der Waals surface area (Å²) in [5, 5.41) is 33.6. The van der Waals surface area contributed by atoms with Gasteiger partial charge in [-0.15, -0.1) is 0 Å². The number of rotatable bonds is 7. The minimum atomic E-state index is -2.27. The summed E-state index contributed by atoms with van der Waals surface area (Å²) in [6.07, 6.45) is 1.07. The molecular weight excluding hydrogens is 594 g/mol. The quantitative estimate of drug-likeness (QED) is 0.134. The predicted octanol–water partition coefficient (Wildman–Crippen LogP) is -0.440. The van der Waals surface area contributed by atoms with Gasteiger partial charge in [-0.3, -0.25) is 19.3 Å². The average molecular weight is 619 g/mol. The third-order valence-corrected chi connectivity index (χ3v) is 7.63. The molecule has 18 heteroatoms. The number of urea groups is 1. The van der Waals surface area contributed by atoms with Crippen molar-refractivity contribution in [2.75, 3.05) is 19.6 Å². The molecular formula is C26H25BF3N5O9. The van der Waals surface area contributed by atoms with Crippen LogP contribution in [0.3, 0.4) is 0 Å². The molecule has 1 aliphatic carbocycles. The van der Waals surface area contributed by atoms with Gasteiger partial charge in [0.2, 0.25) is 11.7 Å². The number of hydrogen-bond donors (Lipinski definition) is 6. The highest BCUT2D eigenvalue weighted by atomic mass is 19.2. The first-order chi connectivity index (χ1) is 20.7. The van der Waals surface area contributed by atoms with Crippen LogP contribution in [-0.2, 0) is 20.8 Å². The van der Waals surface area contributed by atoms with Gasteiger partial charge in [-0.1, -0.05) is 12.1 Å². The van der Waals surface area contributed by atoms with E-state index in [2.05, 4.69) is 5.32 Å². The maximum absolute atomic E-state index is 15.0. The molecule has 1 saturated carbocycles. The highest BCUT2D eigenvalue weighted by molar-refractivity contribution is 6.47. The van der Waals surface area contributed by atoms with E-state index in [0.717, 1.165) is 0 Å². The Kier molecular flexibility index (Phi) is 7.89. The Labute approximate surface area is 246 Å². The number of carboxylic acids is 1. The molecule has 0 aromatic heterocycles. The Morgan fingerprint density at radius 1 is 1.14 bits per heavy atom. The van der Waals surface area contributed by atoms with Gasteiger partial charge in [0, 0.05) is 30.7 Å². The number of benzene rings is 2. The molecule has 5 rings (SSSR count). The third-order valence-electron chi connectivity index (χ3n) is 7.63. The van der Waals surface area contributed by atoms with Gasteiger partial charge in [-0.25, -0.2) is 18.4 Å². The minimum Gasteiger partial charge on any atom is -0.534 e. The molecule has 1 unspecified atom stereocenters. The number of piperazine rings is 1. The van der Waals surface area contributed by atoms with Crippen molar-refractivity contribution in [2.45, 2.75) is 36.8 Å². The maximum atomic E-state index is 15.0. The number of nitrogens with zero attached hydrogens (tertiary/aromatic N) is 2. The maximum Gasteiger partial charge on any atom is 0.547 e. The molecule has 2 atom stereocenters. The van der Waals surface area contributed by atoms with Crippen LogP contribution in [0, 0.1) is 17.5 Å². The van der Waals surface area contributed by atoms with Gasteiger partial charge in [-0.2, -0.15) is 4.39 Å². The summed E-state index contributed by atoms with van der Waals surface area (Å²) in [6, 6.07) is 0.656. The number of carboxylic acid groups (broad SMARTS) is 1. The van der Waals surface area contributed by atoms with Crippen molar-refractivity contribution in [2.24, 2.45) is 5.73 Å².